The van der Waals surface area contributed by atoms with Crippen LogP contribution in [0.2, 0.25) is 0 Å². The molecule has 0 radical (unpaired) electrons. The van der Waals surface area contributed by atoms with Crippen molar-refractivity contribution in [2.24, 2.45) is 5.41 Å². The maximum absolute atomic E-state index is 16.2. The molecule has 1 unspecified atom stereocenters. The Morgan fingerprint density at radius 2 is 1.98 bits per heavy atom. The van der Waals surface area contributed by atoms with Gasteiger partial charge in [0.15, 0.2) is 11.6 Å². The third-order valence-electron chi connectivity index (χ3n) is 7.89. The zero-order chi connectivity index (χ0) is 30.2. The van der Waals surface area contributed by atoms with Crippen LogP contribution in [-0.4, -0.2) is 16.0 Å². The number of halogens is 1. The van der Waals surface area contributed by atoms with Gasteiger partial charge in [0.2, 0.25) is 0 Å². The van der Waals surface area contributed by atoms with Crippen molar-refractivity contribution in [2.75, 3.05) is 10.2 Å². The van der Waals surface area contributed by atoms with E-state index in [4.69, 9.17) is 13.6 Å². The summed E-state index contributed by atoms with van der Waals surface area (Å²) in [5.74, 6) is 0.0109. The summed E-state index contributed by atoms with van der Waals surface area (Å²) in [5.41, 5.74) is 3.42. The molecule has 0 spiro atoms. The number of oxazole rings is 1. The number of rotatable bonds is 8. The molecule has 1 aliphatic heterocycles. The van der Waals surface area contributed by atoms with Gasteiger partial charge in [0, 0.05) is 29.8 Å². The van der Waals surface area contributed by atoms with Crippen LogP contribution in [0.5, 0.6) is 11.5 Å². The number of nitrogens with zero attached hydrogens (tertiary/aromatic N) is 2. The lowest BCUT2D eigenvalue weighted by molar-refractivity contribution is 0.0974. The fraction of sp³-hybridized carbons (Fsp3) is 0.333. The van der Waals surface area contributed by atoms with Gasteiger partial charge in [-0.25, -0.2) is 9.37 Å². The van der Waals surface area contributed by atoms with Crippen LogP contribution in [0.1, 0.15) is 79.8 Å². The van der Waals surface area contributed by atoms with Crippen LogP contribution in [0.4, 0.5) is 15.8 Å². The van der Waals surface area contributed by atoms with Crippen molar-refractivity contribution in [3.8, 4) is 11.5 Å². The van der Waals surface area contributed by atoms with Gasteiger partial charge in [0.25, 0.3) is 5.91 Å². The number of carbonyl (C=O) groups is 1. The minimum Gasteiger partial charge on any atom is -0.506 e. The van der Waals surface area contributed by atoms with Gasteiger partial charge >= 0.3 is 0 Å². The number of allylic oxidation sites excluding steroid dienone is 1. The number of aromatic hydroxyl groups is 1. The van der Waals surface area contributed by atoms with E-state index in [0.717, 1.165) is 23.3 Å². The number of amides is 1. The SMILES string of the molecule is CCC(C)(C)CC1=C(C)C(c2ccc(OCc3ccoc3)cc2F)N(C(=O)c2nc(C)oc2C)c2cccc(O)c2N1. The average Bonchev–Trinajstić information content (AvgIpc) is 3.57. The second-order valence-corrected chi connectivity index (χ2v) is 11.5. The number of aromatic nitrogens is 1. The smallest absolute Gasteiger partial charge is 0.281 e. The Bertz CT molecular complexity index is 1640. The number of anilines is 2. The number of nitrogens with one attached hydrogen (secondary N) is 1. The minimum absolute atomic E-state index is 0.0259. The number of carbonyl (C=O) groups excluding carboxylic acids is 1. The van der Waals surface area contributed by atoms with Crippen LogP contribution in [0.15, 0.2) is 75.1 Å². The predicted octanol–water partition coefficient (Wildman–Crippen LogP) is 8.22. The van der Waals surface area contributed by atoms with Crippen LogP contribution < -0.4 is 15.0 Å². The van der Waals surface area contributed by atoms with Crippen molar-refractivity contribution in [3.63, 3.8) is 0 Å². The van der Waals surface area contributed by atoms with Crippen LogP contribution in [0.25, 0.3) is 0 Å². The van der Waals surface area contributed by atoms with Gasteiger partial charge in [-0.05, 0) is 61.6 Å². The molecule has 0 aliphatic carbocycles. The van der Waals surface area contributed by atoms with Crippen molar-refractivity contribution >= 4 is 17.3 Å². The van der Waals surface area contributed by atoms with E-state index in [9.17, 15) is 9.90 Å². The Balaban J connectivity index is 1.69. The lowest BCUT2D eigenvalue weighted by atomic mass is 9.83. The lowest BCUT2D eigenvalue weighted by Crippen LogP contribution is -2.36. The molecular formula is C33H36FN3O5. The predicted molar refractivity (Wildman–Crippen MR) is 158 cm³/mol. The second-order valence-electron chi connectivity index (χ2n) is 11.5. The molecule has 0 saturated heterocycles. The summed E-state index contributed by atoms with van der Waals surface area (Å²) < 4.78 is 32.6. The first-order valence-electron chi connectivity index (χ1n) is 14.0. The lowest BCUT2D eigenvalue weighted by Gasteiger charge is -2.33. The fourth-order valence-corrected chi connectivity index (χ4v) is 5.19. The van der Waals surface area contributed by atoms with E-state index in [2.05, 4.69) is 31.1 Å². The van der Waals surface area contributed by atoms with Crippen molar-refractivity contribution in [1.82, 2.24) is 4.98 Å². The van der Waals surface area contributed by atoms with Crippen LogP contribution in [0, 0.1) is 25.1 Å². The molecule has 4 aromatic rings. The molecule has 3 heterocycles. The molecule has 2 aromatic heterocycles. The van der Waals surface area contributed by atoms with E-state index in [1.165, 1.54) is 11.0 Å². The Kier molecular flexibility index (Phi) is 7.86. The molecule has 42 heavy (non-hydrogen) atoms. The van der Waals surface area contributed by atoms with Crippen LogP contribution >= 0.6 is 0 Å². The van der Waals surface area contributed by atoms with Crippen molar-refractivity contribution < 1.29 is 27.9 Å². The molecule has 9 heteroatoms. The van der Waals surface area contributed by atoms with E-state index >= 15 is 4.39 Å². The molecule has 5 rings (SSSR count). The summed E-state index contributed by atoms with van der Waals surface area (Å²) in [6.45, 7) is 11.9. The summed E-state index contributed by atoms with van der Waals surface area (Å²) in [6.07, 6.45) is 4.62. The maximum Gasteiger partial charge on any atom is 0.281 e. The minimum atomic E-state index is -0.866. The number of hydrogen-bond donors (Lipinski definition) is 2. The largest absolute Gasteiger partial charge is 0.506 e. The Morgan fingerprint density at radius 1 is 1.19 bits per heavy atom. The summed E-state index contributed by atoms with van der Waals surface area (Å²) in [6, 6.07) is 10.5. The van der Waals surface area contributed by atoms with Gasteiger partial charge in [-0.3, -0.25) is 9.69 Å². The van der Waals surface area contributed by atoms with Crippen molar-refractivity contribution in [2.45, 2.75) is 67.0 Å². The van der Waals surface area contributed by atoms with Crippen molar-refractivity contribution in [3.05, 3.63) is 101 Å². The van der Waals surface area contributed by atoms with E-state index in [0.29, 0.717) is 35.2 Å². The highest BCUT2D eigenvalue weighted by molar-refractivity contribution is 6.09. The molecular weight excluding hydrogens is 537 g/mol. The van der Waals surface area contributed by atoms with Gasteiger partial charge in [0.1, 0.15) is 35.4 Å². The molecule has 2 aromatic carbocycles. The zero-order valence-corrected chi connectivity index (χ0v) is 24.7. The van der Waals surface area contributed by atoms with Crippen LogP contribution in [0.3, 0.4) is 0 Å². The first-order valence-corrected chi connectivity index (χ1v) is 14.0. The first kappa shape index (κ1) is 29.0. The number of fused-ring (bicyclic) bond motifs is 1. The molecule has 220 valence electrons. The Morgan fingerprint density at radius 3 is 2.62 bits per heavy atom. The number of hydrogen-bond acceptors (Lipinski definition) is 7. The highest BCUT2D eigenvalue weighted by Crippen LogP contribution is 2.48. The first-order chi connectivity index (χ1) is 20.0. The van der Waals surface area contributed by atoms with Gasteiger partial charge in [-0.2, -0.15) is 0 Å². The van der Waals surface area contributed by atoms with Crippen LogP contribution in [-0.2, 0) is 6.61 Å². The number of benzene rings is 2. The standard InChI is InChI=1S/C33H36FN3O5/c1-7-33(5,6)16-26-19(2)31(24-12-11-23(15-25(24)34)41-18-22-13-14-40-17-22)37(27-9-8-10-28(38)30(27)36-26)32(39)29-20(3)42-21(4)35-29/h8-15,17,31,36,38H,7,16,18H2,1-6H3. The topological polar surface area (TPSA) is 101 Å². The summed E-state index contributed by atoms with van der Waals surface area (Å²) in [7, 11) is 0. The maximum atomic E-state index is 16.2. The molecule has 0 saturated carbocycles. The zero-order valence-electron chi connectivity index (χ0n) is 24.7. The van der Waals surface area contributed by atoms with E-state index in [1.54, 1.807) is 62.8 Å². The van der Waals surface area contributed by atoms with Crippen molar-refractivity contribution in [1.29, 1.82) is 0 Å². The number of aryl methyl sites for hydroxylation is 2. The molecule has 1 amide bonds. The van der Waals surface area contributed by atoms with Gasteiger partial charge < -0.3 is 24.0 Å². The summed E-state index contributed by atoms with van der Waals surface area (Å²) in [4.78, 5) is 20.2. The fourth-order valence-electron chi connectivity index (χ4n) is 5.19. The Hall–Kier alpha value is -4.53. The number of ether oxygens (including phenoxy) is 1. The van der Waals surface area contributed by atoms with E-state index in [-0.39, 0.29) is 29.0 Å². The monoisotopic (exact) mass is 573 g/mol. The number of phenols is 1. The van der Waals surface area contributed by atoms with E-state index < -0.39 is 17.8 Å². The molecule has 0 bridgehead atoms. The third-order valence-corrected chi connectivity index (χ3v) is 7.89. The average molecular weight is 574 g/mol. The third kappa shape index (κ3) is 5.64. The number of furan rings is 1. The molecule has 1 atom stereocenters. The van der Waals surface area contributed by atoms with Gasteiger partial charge in [-0.1, -0.05) is 33.3 Å². The Labute approximate surface area is 244 Å². The molecule has 8 nitrogen and oxygen atoms in total. The van der Waals surface area contributed by atoms with Gasteiger partial charge in [-0.15, -0.1) is 0 Å². The van der Waals surface area contributed by atoms with E-state index in [1.807, 2.05) is 6.92 Å². The highest BCUT2D eigenvalue weighted by Gasteiger charge is 2.39. The number of para-hydroxylation sites is 1. The molecule has 2 N–H and O–H groups in total. The number of phenolic OH excluding ortho intramolecular Hbond substituents is 1. The normalized spacial score (nSPS) is 15.3. The quantitative estimate of drug-likeness (QED) is 0.205. The summed E-state index contributed by atoms with van der Waals surface area (Å²) >= 11 is 0. The second kappa shape index (κ2) is 11.4. The summed E-state index contributed by atoms with van der Waals surface area (Å²) in [5, 5.41) is 14.4. The highest BCUT2D eigenvalue weighted by atomic mass is 19.1. The van der Waals surface area contributed by atoms with Gasteiger partial charge in [0.05, 0.1) is 24.3 Å². The molecule has 0 fully saturated rings. The molecule has 1 aliphatic rings.